The third-order valence-corrected chi connectivity index (χ3v) is 3.23. The van der Waals surface area contributed by atoms with Crippen LogP contribution >= 0.6 is 11.6 Å². The minimum Gasteiger partial charge on any atom is -0.311 e. The van der Waals surface area contributed by atoms with Crippen LogP contribution in [-0.2, 0) is 0 Å². The lowest BCUT2D eigenvalue weighted by Gasteiger charge is -2.27. The predicted octanol–water partition coefficient (Wildman–Crippen LogP) is 1.76. The van der Waals surface area contributed by atoms with Crippen LogP contribution < -0.4 is 5.32 Å². The Morgan fingerprint density at radius 2 is 1.80 bits per heavy atom. The maximum Gasteiger partial charge on any atom is 0.0252 e. The van der Waals surface area contributed by atoms with Crippen LogP contribution in [0.25, 0.3) is 0 Å². The van der Waals surface area contributed by atoms with E-state index in [1.807, 2.05) is 0 Å². The molecule has 58 valence electrons. The van der Waals surface area contributed by atoms with Crippen molar-refractivity contribution in [2.75, 3.05) is 5.88 Å². The minimum atomic E-state index is 0.806. The molecule has 0 aliphatic carbocycles. The Kier molecular flexibility index (Phi) is 1.88. The molecule has 2 heteroatoms. The zero-order valence-corrected chi connectivity index (χ0v) is 6.90. The first-order valence-electron chi connectivity index (χ1n) is 4.20. The van der Waals surface area contributed by atoms with Gasteiger partial charge in [-0.2, -0.15) is 0 Å². The van der Waals surface area contributed by atoms with E-state index in [1.165, 1.54) is 25.7 Å². The quantitative estimate of drug-likeness (QED) is 0.575. The first-order valence-corrected chi connectivity index (χ1v) is 4.74. The van der Waals surface area contributed by atoms with Crippen LogP contribution in [0.3, 0.4) is 0 Å². The Hall–Kier alpha value is 0.250. The average Bonchev–Trinajstić information content (AvgIpc) is 2.30. The molecule has 2 rings (SSSR count). The van der Waals surface area contributed by atoms with Crippen LogP contribution in [-0.4, -0.2) is 18.0 Å². The van der Waals surface area contributed by atoms with Gasteiger partial charge in [-0.15, -0.1) is 11.6 Å². The number of fused-ring (bicyclic) bond motifs is 2. The van der Waals surface area contributed by atoms with Crippen molar-refractivity contribution in [3.05, 3.63) is 0 Å². The van der Waals surface area contributed by atoms with Gasteiger partial charge in [-0.1, -0.05) is 0 Å². The van der Waals surface area contributed by atoms with Gasteiger partial charge in [0.15, 0.2) is 0 Å². The second kappa shape index (κ2) is 2.71. The molecular formula is C8H14ClN. The van der Waals surface area contributed by atoms with Crippen molar-refractivity contribution in [1.82, 2.24) is 5.32 Å². The first kappa shape index (κ1) is 6.93. The molecule has 0 aromatic heterocycles. The fraction of sp³-hybridized carbons (Fsp3) is 1.00. The van der Waals surface area contributed by atoms with Crippen molar-refractivity contribution in [2.24, 2.45) is 5.92 Å². The largest absolute Gasteiger partial charge is 0.311 e. The number of rotatable bonds is 1. The molecule has 0 saturated carbocycles. The van der Waals surface area contributed by atoms with Gasteiger partial charge in [-0.05, 0) is 31.6 Å². The minimum absolute atomic E-state index is 0.806. The van der Waals surface area contributed by atoms with Gasteiger partial charge < -0.3 is 5.32 Å². The molecule has 0 spiro atoms. The number of alkyl halides is 1. The maximum atomic E-state index is 5.81. The smallest absolute Gasteiger partial charge is 0.0252 e. The van der Waals surface area contributed by atoms with Gasteiger partial charge in [0.2, 0.25) is 0 Å². The summed E-state index contributed by atoms with van der Waals surface area (Å²) in [6.45, 7) is 0. The molecular weight excluding hydrogens is 146 g/mol. The van der Waals surface area contributed by atoms with Crippen LogP contribution in [0, 0.1) is 5.92 Å². The van der Waals surface area contributed by atoms with E-state index in [0.29, 0.717) is 0 Å². The number of halogens is 1. The zero-order valence-electron chi connectivity index (χ0n) is 6.15. The summed E-state index contributed by atoms with van der Waals surface area (Å²) in [7, 11) is 0. The SMILES string of the molecule is ClCC1C[C@H]2CC[C@H](C1)N2. The van der Waals surface area contributed by atoms with Crippen molar-refractivity contribution in [2.45, 2.75) is 37.8 Å². The van der Waals surface area contributed by atoms with E-state index in [4.69, 9.17) is 11.6 Å². The van der Waals surface area contributed by atoms with E-state index >= 15 is 0 Å². The molecule has 0 unspecified atom stereocenters. The number of nitrogens with one attached hydrogen (secondary N) is 1. The summed E-state index contributed by atoms with van der Waals surface area (Å²) in [5.74, 6) is 1.68. The molecule has 2 aliphatic heterocycles. The molecule has 0 amide bonds. The van der Waals surface area contributed by atoms with Crippen molar-refractivity contribution in [3.8, 4) is 0 Å². The van der Waals surface area contributed by atoms with Crippen LogP contribution in [0.5, 0.6) is 0 Å². The van der Waals surface area contributed by atoms with Gasteiger partial charge in [0.1, 0.15) is 0 Å². The van der Waals surface area contributed by atoms with Gasteiger partial charge in [-0.25, -0.2) is 0 Å². The molecule has 1 nitrogen and oxygen atoms in total. The summed E-state index contributed by atoms with van der Waals surface area (Å²) in [4.78, 5) is 0. The molecule has 0 radical (unpaired) electrons. The van der Waals surface area contributed by atoms with Gasteiger partial charge in [0.25, 0.3) is 0 Å². The molecule has 2 heterocycles. The van der Waals surface area contributed by atoms with Gasteiger partial charge >= 0.3 is 0 Å². The van der Waals surface area contributed by atoms with E-state index in [9.17, 15) is 0 Å². The zero-order chi connectivity index (χ0) is 6.97. The fourth-order valence-electron chi connectivity index (χ4n) is 2.30. The summed E-state index contributed by atoms with van der Waals surface area (Å²) >= 11 is 5.81. The molecule has 10 heavy (non-hydrogen) atoms. The van der Waals surface area contributed by atoms with Crippen LogP contribution in [0.1, 0.15) is 25.7 Å². The summed E-state index contributed by atoms with van der Waals surface area (Å²) in [5, 5.41) is 3.60. The predicted molar refractivity (Wildman–Crippen MR) is 43.4 cm³/mol. The van der Waals surface area contributed by atoms with Gasteiger partial charge in [0, 0.05) is 18.0 Å². The van der Waals surface area contributed by atoms with Crippen LogP contribution in [0.15, 0.2) is 0 Å². The molecule has 2 aliphatic rings. The highest BCUT2D eigenvalue weighted by molar-refractivity contribution is 6.18. The Balaban J connectivity index is 1.96. The van der Waals surface area contributed by atoms with Gasteiger partial charge in [0.05, 0.1) is 0 Å². The summed E-state index contributed by atoms with van der Waals surface area (Å²) in [5.41, 5.74) is 0. The lowest BCUT2D eigenvalue weighted by Crippen LogP contribution is -2.38. The van der Waals surface area contributed by atoms with E-state index in [0.717, 1.165) is 23.9 Å². The Morgan fingerprint density at radius 3 is 2.30 bits per heavy atom. The second-order valence-corrected chi connectivity index (χ2v) is 3.94. The van der Waals surface area contributed by atoms with E-state index in [1.54, 1.807) is 0 Å². The van der Waals surface area contributed by atoms with Crippen molar-refractivity contribution in [1.29, 1.82) is 0 Å². The van der Waals surface area contributed by atoms with Crippen LogP contribution in [0.4, 0.5) is 0 Å². The number of hydrogen-bond donors (Lipinski definition) is 1. The Morgan fingerprint density at radius 1 is 1.20 bits per heavy atom. The lowest BCUT2D eigenvalue weighted by molar-refractivity contribution is 0.322. The monoisotopic (exact) mass is 159 g/mol. The molecule has 0 aromatic rings. The lowest BCUT2D eigenvalue weighted by atomic mass is 9.94. The Labute approximate surface area is 67.1 Å². The van der Waals surface area contributed by atoms with Gasteiger partial charge in [-0.3, -0.25) is 0 Å². The highest BCUT2D eigenvalue weighted by atomic mass is 35.5. The van der Waals surface area contributed by atoms with E-state index in [-0.39, 0.29) is 0 Å². The number of piperidine rings is 1. The third kappa shape index (κ3) is 1.17. The van der Waals surface area contributed by atoms with Crippen molar-refractivity contribution < 1.29 is 0 Å². The fourth-order valence-corrected chi connectivity index (χ4v) is 2.55. The summed E-state index contributed by atoms with van der Waals surface area (Å²) in [6, 6.07) is 1.62. The van der Waals surface area contributed by atoms with Crippen molar-refractivity contribution >= 4 is 11.6 Å². The van der Waals surface area contributed by atoms with Crippen LogP contribution in [0.2, 0.25) is 0 Å². The third-order valence-electron chi connectivity index (χ3n) is 2.79. The molecule has 0 aromatic carbocycles. The summed E-state index contributed by atoms with van der Waals surface area (Å²) < 4.78 is 0. The molecule has 2 saturated heterocycles. The van der Waals surface area contributed by atoms with E-state index < -0.39 is 0 Å². The molecule has 1 N–H and O–H groups in total. The maximum absolute atomic E-state index is 5.81. The molecule has 2 atom stereocenters. The first-order chi connectivity index (χ1) is 4.88. The van der Waals surface area contributed by atoms with Crippen molar-refractivity contribution in [3.63, 3.8) is 0 Å². The van der Waals surface area contributed by atoms with E-state index in [2.05, 4.69) is 5.32 Å². The average molecular weight is 160 g/mol. The normalized spacial score (nSPS) is 45.9. The highest BCUT2D eigenvalue weighted by Crippen LogP contribution is 2.31. The molecule has 2 bridgehead atoms. The number of hydrogen-bond acceptors (Lipinski definition) is 1. The standard InChI is InChI=1S/C8H14ClN/c9-5-6-3-7-1-2-8(4-6)10-7/h6-8,10H,1-5H2/t7-,8-/m1/s1. The topological polar surface area (TPSA) is 12.0 Å². The molecule has 2 fully saturated rings. The highest BCUT2D eigenvalue weighted by Gasteiger charge is 2.32. The Bertz CT molecular complexity index is 114. The summed E-state index contributed by atoms with van der Waals surface area (Å²) in [6.07, 6.45) is 5.41. The second-order valence-electron chi connectivity index (χ2n) is 3.63.